The van der Waals surface area contributed by atoms with E-state index in [1.54, 1.807) is 0 Å². The molecule has 0 radical (unpaired) electrons. The largest absolute Gasteiger partial charge is 0.0801 e. The molecular weight excluding hydrogens is 204 g/mol. The van der Waals surface area contributed by atoms with Gasteiger partial charge in [0, 0.05) is 0 Å². The summed E-state index contributed by atoms with van der Waals surface area (Å²) in [6, 6.07) is 13.3. The van der Waals surface area contributed by atoms with E-state index >= 15 is 0 Å². The number of benzene rings is 2. The van der Waals surface area contributed by atoms with E-state index in [1.807, 2.05) is 0 Å². The molecule has 0 unspecified atom stereocenters. The van der Waals surface area contributed by atoms with Crippen LogP contribution in [0.25, 0.3) is 12.2 Å². The quantitative estimate of drug-likeness (QED) is 0.539. The Labute approximate surface area is 99.5 Å². The summed E-state index contributed by atoms with van der Waals surface area (Å²) in [5, 5.41) is 5.48. The second-order valence-corrected chi connectivity index (χ2v) is 4.67. The molecule has 17 heavy (non-hydrogen) atoms. The van der Waals surface area contributed by atoms with Gasteiger partial charge in [-0.15, -0.1) is 0 Å². The molecule has 0 atom stereocenters. The molecule has 0 fully saturated rings. The van der Waals surface area contributed by atoms with Crippen LogP contribution in [0, 0.1) is 10.4 Å². The summed E-state index contributed by atoms with van der Waals surface area (Å²) in [5.74, 6) is 0. The molecule has 0 bridgehead atoms. The molecule has 0 saturated heterocycles. The van der Waals surface area contributed by atoms with Crippen LogP contribution in [0.2, 0.25) is 0 Å². The number of allylic oxidation sites excluding steroid dienone is 2. The summed E-state index contributed by atoms with van der Waals surface area (Å²) in [4.78, 5) is 0. The van der Waals surface area contributed by atoms with Gasteiger partial charge in [0.25, 0.3) is 0 Å². The molecule has 2 aliphatic carbocycles. The van der Waals surface area contributed by atoms with Crippen molar-refractivity contribution in [3.8, 4) is 0 Å². The first-order chi connectivity index (χ1) is 8.42. The van der Waals surface area contributed by atoms with Crippen molar-refractivity contribution in [2.75, 3.05) is 0 Å². The highest BCUT2D eigenvalue weighted by Crippen LogP contribution is 2.11. The average Bonchev–Trinajstić information content (AvgIpc) is 2.73. The van der Waals surface area contributed by atoms with Gasteiger partial charge in [0.15, 0.2) is 0 Å². The molecule has 0 N–H and O–H groups in total. The van der Waals surface area contributed by atoms with Gasteiger partial charge in [0.1, 0.15) is 0 Å². The van der Waals surface area contributed by atoms with Crippen molar-refractivity contribution in [2.24, 2.45) is 0 Å². The Bertz CT molecular complexity index is 852. The fourth-order valence-corrected chi connectivity index (χ4v) is 2.77. The highest BCUT2D eigenvalue weighted by Gasteiger charge is 2.05. The third-order valence-electron chi connectivity index (χ3n) is 3.62. The maximum Gasteiger partial charge on any atom is -0.00882 e. The van der Waals surface area contributed by atoms with Crippen molar-refractivity contribution in [1.29, 1.82) is 0 Å². The number of rotatable bonds is 0. The van der Waals surface area contributed by atoms with Gasteiger partial charge >= 0.3 is 0 Å². The lowest BCUT2D eigenvalue weighted by Crippen LogP contribution is -2.11. The maximum atomic E-state index is 2.35. The second kappa shape index (κ2) is 3.21. The first-order valence-electron chi connectivity index (χ1n) is 6.03. The lowest BCUT2D eigenvalue weighted by molar-refractivity contribution is 1.21. The van der Waals surface area contributed by atoms with Crippen LogP contribution in [0.5, 0.6) is 0 Å². The van der Waals surface area contributed by atoms with Crippen molar-refractivity contribution >= 4 is 12.2 Å². The van der Waals surface area contributed by atoms with Gasteiger partial charge in [-0.05, 0) is 56.6 Å². The predicted octanol–water partition coefficient (Wildman–Crippen LogP) is 2.01. The summed E-state index contributed by atoms with van der Waals surface area (Å²) < 4.78 is 0. The SMILES string of the molecule is C1=CCc2cc3c(cc2=C1)C=c1ccccc1=3. The van der Waals surface area contributed by atoms with E-state index in [-0.39, 0.29) is 0 Å². The molecule has 0 amide bonds. The molecule has 0 nitrogen and oxygen atoms in total. The minimum atomic E-state index is 1.06. The first kappa shape index (κ1) is 9.00. The molecule has 0 heterocycles. The van der Waals surface area contributed by atoms with Crippen LogP contribution in [0.15, 0.2) is 48.6 Å². The van der Waals surface area contributed by atoms with Gasteiger partial charge in [-0.2, -0.15) is 0 Å². The third-order valence-corrected chi connectivity index (χ3v) is 3.62. The zero-order valence-corrected chi connectivity index (χ0v) is 9.48. The number of hydrogen-bond acceptors (Lipinski definition) is 0. The fraction of sp³-hybridized carbons (Fsp3) is 0.0588. The Balaban J connectivity index is 2.24. The van der Waals surface area contributed by atoms with E-state index in [0.717, 1.165) is 6.42 Å². The minimum Gasteiger partial charge on any atom is -0.0801 e. The maximum absolute atomic E-state index is 2.35. The molecule has 0 heteroatoms. The molecule has 2 aromatic rings. The molecule has 0 spiro atoms. The molecule has 80 valence electrons. The monoisotopic (exact) mass is 216 g/mol. The van der Waals surface area contributed by atoms with E-state index in [0.29, 0.717) is 0 Å². The summed E-state index contributed by atoms with van der Waals surface area (Å²) in [5.41, 5.74) is 2.80. The zero-order valence-electron chi connectivity index (χ0n) is 9.48. The van der Waals surface area contributed by atoms with Crippen LogP contribution in [0.4, 0.5) is 0 Å². The Kier molecular flexibility index (Phi) is 1.70. The van der Waals surface area contributed by atoms with Crippen molar-refractivity contribution in [3.63, 3.8) is 0 Å². The molecule has 0 aliphatic heterocycles. The molecule has 4 rings (SSSR count). The van der Waals surface area contributed by atoms with E-state index in [9.17, 15) is 0 Å². The van der Waals surface area contributed by atoms with Gasteiger partial charge < -0.3 is 0 Å². The van der Waals surface area contributed by atoms with Gasteiger partial charge in [-0.3, -0.25) is 0 Å². The lowest BCUT2D eigenvalue weighted by Gasteiger charge is -2.04. The van der Waals surface area contributed by atoms with Crippen molar-refractivity contribution in [2.45, 2.75) is 6.42 Å². The van der Waals surface area contributed by atoms with Crippen LogP contribution >= 0.6 is 0 Å². The first-order valence-corrected chi connectivity index (χ1v) is 6.03. The fourth-order valence-electron chi connectivity index (χ4n) is 2.77. The van der Waals surface area contributed by atoms with Crippen LogP contribution < -0.4 is 10.4 Å². The van der Waals surface area contributed by atoms with E-state index < -0.39 is 0 Å². The van der Waals surface area contributed by atoms with Gasteiger partial charge in [0.05, 0.1) is 0 Å². The predicted molar refractivity (Wildman–Crippen MR) is 70.7 cm³/mol. The van der Waals surface area contributed by atoms with Crippen LogP contribution in [0.1, 0.15) is 11.1 Å². The summed E-state index contributed by atoms with van der Waals surface area (Å²) >= 11 is 0. The van der Waals surface area contributed by atoms with E-state index in [4.69, 9.17) is 0 Å². The standard InChI is InChI=1S/C17H12/c1-2-6-13-11-17-15(9-12(13)5-1)10-14-7-3-4-8-16(14)17/h1-5,7-11H,6H2. The van der Waals surface area contributed by atoms with E-state index in [2.05, 4.69) is 60.7 Å². The van der Waals surface area contributed by atoms with Crippen LogP contribution in [-0.4, -0.2) is 0 Å². The third kappa shape index (κ3) is 1.24. The summed E-state index contributed by atoms with van der Waals surface area (Å²) in [6.07, 6.45) is 9.92. The molecule has 0 saturated carbocycles. The van der Waals surface area contributed by atoms with E-state index in [1.165, 1.54) is 32.0 Å². The van der Waals surface area contributed by atoms with Gasteiger partial charge in [-0.1, -0.05) is 42.5 Å². The molecule has 2 aromatic carbocycles. The highest BCUT2D eigenvalue weighted by molar-refractivity contribution is 5.58. The Morgan fingerprint density at radius 1 is 0.882 bits per heavy atom. The highest BCUT2D eigenvalue weighted by atomic mass is 14.1. The van der Waals surface area contributed by atoms with Gasteiger partial charge in [-0.25, -0.2) is 0 Å². The van der Waals surface area contributed by atoms with Crippen LogP contribution in [-0.2, 0) is 6.42 Å². The number of hydrogen-bond donors (Lipinski definition) is 0. The summed E-state index contributed by atoms with van der Waals surface area (Å²) in [7, 11) is 0. The molecule has 0 aromatic heterocycles. The minimum absolute atomic E-state index is 1.06. The second-order valence-electron chi connectivity index (χ2n) is 4.67. The van der Waals surface area contributed by atoms with Crippen molar-refractivity contribution in [1.82, 2.24) is 0 Å². The average molecular weight is 216 g/mol. The Hall–Kier alpha value is -2.08. The van der Waals surface area contributed by atoms with Gasteiger partial charge in [0.2, 0.25) is 0 Å². The molecular formula is C17H12. The Morgan fingerprint density at radius 3 is 2.82 bits per heavy atom. The van der Waals surface area contributed by atoms with Crippen molar-refractivity contribution < 1.29 is 0 Å². The Morgan fingerprint density at radius 2 is 1.82 bits per heavy atom. The normalized spacial score (nSPS) is 14.4. The van der Waals surface area contributed by atoms with Crippen LogP contribution in [0.3, 0.4) is 0 Å². The topological polar surface area (TPSA) is 0 Å². The smallest absolute Gasteiger partial charge is 0.00882 e. The molecule has 2 aliphatic rings. The zero-order chi connectivity index (χ0) is 11.2. The number of fused-ring (bicyclic) bond motifs is 3. The van der Waals surface area contributed by atoms with Crippen molar-refractivity contribution in [3.05, 3.63) is 80.6 Å². The summed E-state index contributed by atoms with van der Waals surface area (Å²) in [6.45, 7) is 0. The lowest BCUT2D eigenvalue weighted by atomic mass is 10.0.